The van der Waals surface area contributed by atoms with Gasteiger partial charge in [0.25, 0.3) is 0 Å². The van der Waals surface area contributed by atoms with Crippen molar-refractivity contribution in [2.75, 3.05) is 30.5 Å². The number of unbranched alkanes of at least 4 members (excludes halogenated alkanes) is 3. The molecule has 0 bridgehead atoms. The van der Waals surface area contributed by atoms with Gasteiger partial charge in [0.1, 0.15) is 23.2 Å². The maximum atomic E-state index is 13.1. The molecule has 4 rings (SSSR count). The molecule has 13 heteroatoms. The molecule has 242 valence electrons. The van der Waals surface area contributed by atoms with Crippen molar-refractivity contribution in [3.63, 3.8) is 0 Å². The standard InChI is InChI=1S/C33H39N7O6/c1-4-5-6-9-20-45-32(42)38-31(34)23-11-13-24(14-12-23)36-22-29-37-26-21-25(15-16-27(26)39(29)2)46-33(43)40(19-17-30(41)44-3)28-10-7-8-18-35-28/h7-8,10-16,18,21,36H,4-6,9,17,19-20,22H2,1-3H3,(H2,34,38,42). The second-order valence-electron chi connectivity index (χ2n) is 10.4. The molecule has 0 aliphatic heterocycles. The van der Waals surface area contributed by atoms with Crippen LogP contribution in [0, 0.1) is 0 Å². The first kappa shape index (κ1) is 33.4. The smallest absolute Gasteiger partial charge is 0.435 e. The van der Waals surface area contributed by atoms with Crippen LogP contribution in [0.5, 0.6) is 5.75 Å². The number of imidazole rings is 1. The third-order valence-electron chi connectivity index (χ3n) is 7.13. The number of methoxy groups -OCH3 is 1. The lowest BCUT2D eigenvalue weighted by Gasteiger charge is -2.20. The summed E-state index contributed by atoms with van der Waals surface area (Å²) in [6.07, 6.45) is 4.18. The van der Waals surface area contributed by atoms with Gasteiger partial charge in [0.15, 0.2) is 0 Å². The van der Waals surface area contributed by atoms with E-state index in [2.05, 4.69) is 22.2 Å². The van der Waals surface area contributed by atoms with Crippen LogP contribution in [0.3, 0.4) is 0 Å². The summed E-state index contributed by atoms with van der Waals surface area (Å²) in [5.74, 6) is 1.03. The molecule has 2 aromatic heterocycles. The number of benzene rings is 2. The third-order valence-corrected chi connectivity index (χ3v) is 7.13. The normalized spacial score (nSPS) is 11.2. The quantitative estimate of drug-likeness (QED) is 0.0780. The topological polar surface area (TPSA) is 163 Å². The Labute approximate surface area is 267 Å². The number of pyridine rings is 1. The van der Waals surface area contributed by atoms with Gasteiger partial charge in [0.2, 0.25) is 0 Å². The van der Waals surface area contributed by atoms with Gasteiger partial charge in [0.05, 0.1) is 37.7 Å². The molecule has 0 radical (unpaired) electrons. The first-order chi connectivity index (χ1) is 22.3. The number of esters is 1. The Kier molecular flexibility index (Phi) is 12.0. The summed E-state index contributed by atoms with van der Waals surface area (Å²) in [4.78, 5) is 50.8. The van der Waals surface area contributed by atoms with Crippen LogP contribution in [0.2, 0.25) is 0 Å². The van der Waals surface area contributed by atoms with Gasteiger partial charge in [-0.1, -0.05) is 32.3 Å². The van der Waals surface area contributed by atoms with E-state index in [1.807, 2.05) is 29.8 Å². The maximum Gasteiger partial charge on any atom is 0.435 e. The molecule has 3 N–H and O–H groups in total. The fraction of sp³-hybridized carbons (Fsp3) is 0.333. The lowest BCUT2D eigenvalue weighted by molar-refractivity contribution is -0.140. The van der Waals surface area contributed by atoms with Crippen molar-refractivity contribution in [3.05, 3.63) is 78.2 Å². The Morgan fingerprint density at radius 3 is 2.57 bits per heavy atom. The molecule has 0 aliphatic carbocycles. The fourth-order valence-electron chi connectivity index (χ4n) is 4.55. The van der Waals surface area contributed by atoms with E-state index in [0.29, 0.717) is 35.8 Å². The Morgan fingerprint density at radius 2 is 1.85 bits per heavy atom. The number of rotatable bonds is 14. The average molecular weight is 630 g/mol. The zero-order valence-electron chi connectivity index (χ0n) is 26.3. The SMILES string of the molecule is CCCCCCOC(=O)/N=C(/N)c1ccc(NCc2nc3cc(OC(=O)N(CCC(=O)OC)c4ccccn4)ccc3n2C)cc1. The number of nitrogens with two attached hydrogens (primary N) is 1. The zero-order valence-corrected chi connectivity index (χ0v) is 26.3. The minimum absolute atomic E-state index is 0.0185. The minimum Gasteiger partial charge on any atom is -0.469 e. The summed E-state index contributed by atoms with van der Waals surface area (Å²) in [6.45, 7) is 2.90. The molecule has 0 saturated carbocycles. The van der Waals surface area contributed by atoms with Gasteiger partial charge in [-0.2, -0.15) is 4.99 Å². The lowest BCUT2D eigenvalue weighted by atomic mass is 10.2. The minimum atomic E-state index is -0.694. The number of carbonyl (C=O) groups is 3. The van der Waals surface area contributed by atoms with Crippen LogP contribution in [0.4, 0.5) is 21.1 Å². The van der Waals surface area contributed by atoms with E-state index in [1.165, 1.54) is 12.0 Å². The number of aromatic nitrogens is 3. The van der Waals surface area contributed by atoms with Gasteiger partial charge in [-0.15, -0.1) is 0 Å². The van der Waals surface area contributed by atoms with Crippen LogP contribution in [0.25, 0.3) is 11.0 Å². The fourth-order valence-corrected chi connectivity index (χ4v) is 4.55. The average Bonchev–Trinajstić information content (AvgIpc) is 3.38. The highest BCUT2D eigenvalue weighted by Gasteiger charge is 2.21. The number of hydrogen-bond donors (Lipinski definition) is 2. The van der Waals surface area contributed by atoms with Gasteiger partial charge >= 0.3 is 18.2 Å². The Balaban J connectivity index is 1.37. The van der Waals surface area contributed by atoms with Crippen molar-refractivity contribution in [2.45, 2.75) is 45.6 Å². The van der Waals surface area contributed by atoms with Crippen molar-refractivity contribution in [3.8, 4) is 5.75 Å². The van der Waals surface area contributed by atoms with Crippen molar-refractivity contribution in [1.82, 2.24) is 14.5 Å². The predicted octanol–water partition coefficient (Wildman–Crippen LogP) is 5.57. The number of fused-ring (bicyclic) bond motifs is 1. The summed E-state index contributed by atoms with van der Waals surface area (Å²) >= 11 is 0. The Morgan fingerprint density at radius 1 is 1.04 bits per heavy atom. The van der Waals surface area contributed by atoms with E-state index in [-0.39, 0.29) is 18.8 Å². The lowest BCUT2D eigenvalue weighted by Crippen LogP contribution is -2.36. The third kappa shape index (κ3) is 9.27. The maximum absolute atomic E-state index is 13.1. The number of aryl methyl sites for hydroxylation is 1. The monoisotopic (exact) mass is 629 g/mol. The molecule has 0 atom stereocenters. The number of carbonyl (C=O) groups excluding carboxylic acids is 3. The van der Waals surface area contributed by atoms with Crippen LogP contribution in [-0.4, -0.2) is 58.8 Å². The van der Waals surface area contributed by atoms with E-state index in [0.717, 1.165) is 42.7 Å². The summed E-state index contributed by atoms with van der Waals surface area (Å²) < 4.78 is 17.4. The van der Waals surface area contributed by atoms with E-state index in [1.54, 1.807) is 48.7 Å². The van der Waals surface area contributed by atoms with E-state index < -0.39 is 18.2 Å². The van der Waals surface area contributed by atoms with Crippen molar-refractivity contribution in [2.24, 2.45) is 17.8 Å². The van der Waals surface area contributed by atoms with Crippen molar-refractivity contribution >= 4 is 46.5 Å². The van der Waals surface area contributed by atoms with Crippen LogP contribution in [0.15, 0.2) is 71.9 Å². The molecular formula is C33H39N7O6. The molecule has 0 unspecified atom stereocenters. The van der Waals surface area contributed by atoms with Crippen LogP contribution < -0.4 is 20.7 Å². The summed E-state index contributed by atoms with van der Waals surface area (Å²) in [5, 5.41) is 3.33. The first-order valence-electron chi connectivity index (χ1n) is 15.1. The molecule has 2 amide bonds. The van der Waals surface area contributed by atoms with Crippen LogP contribution in [-0.2, 0) is 27.9 Å². The molecule has 2 heterocycles. The summed E-state index contributed by atoms with van der Waals surface area (Å²) in [6, 6.07) is 17.5. The molecule has 4 aromatic rings. The number of nitrogens with one attached hydrogen (secondary N) is 1. The van der Waals surface area contributed by atoms with Crippen molar-refractivity contribution < 1.29 is 28.6 Å². The molecule has 13 nitrogen and oxygen atoms in total. The van der Waals surface area contributed by atoms with Gasteiger partial charge in [-0.05, 0) is 55.0 Å². The summed E-state index contributed by atoms with van der Waals surface area (Å²) in [7, 11) is 3.19. The van der Waals surface area contributed by atoms with Gasteiger partial charge in [-0.3, -0.25) is 9.69 Å². The highest BCUT2D eigenvalue weighted by molar-refractivity contribution is 6.02. The molecule has 0 spiro atoms. The Hall–Kier alpha value is -5.46. The number of anilines is 2. The summed E-state index contributed by atoms with van der Waals surface area (Å²) in [5.41, 5.74) is 8.91. The largest absolute Gasteiger partial charge is 0.469 e. The number of aliphatic imine (C=N–C) groups is 1. The Bertz CT molecular complexity index is 1650. The van der Waals surface area contributed by atoms with E-state index >= 15 is 0 Å². The highest BCUT2D eigenvalue weighted by atomic mass is 16.6. The molecule has 0 fully saturated rings. The number of hydrogen-bond acceptors (Lipinski definition) is 9. The molecule has 2 aromatic carbocycles. The second kappa shape index (κ2) is 16.6. The van der Waals surface area contributed by atoms with Gasteiger partial charge < -0.3 is 29.8 Å². The van der Waals surface area contributed by atoms with Gasteiger partial charge in [-0.25, -0.2) is 19.6 Å². The van der Waals surface area contributed by atoms with Gasteiger partial charge in [0, 0.05) is 37.1 Å². The number of ether oxygens (including phenoxy) is 3. The first-order valence-corrected chi connectivity index (χ1v) is 15.1. The van der Waals surface area contributed by atoms with Crippen molar-refractivity contribution in [1.29, 1.82) is 0 Å². The molecule has 46 heavy (non-hydrogen) atoms. The second-order valence-corrected chi connectivity index (χ2v) is 10.4. The number of amidine groups is 1. The molecule has 0 aliphatic rings. The number of nitrogens with zero attached hydrogens (tertiary/aromatic N) is 5. The molecular weight excluding hydrogens is 590 g/mol. The van der Waals surface area contributed by atoms with Crippen LogP contribution >= 0.6 is 0 Å². The highest BCUT2D eigenvalue weighted by Crippen LogP contribution is 2.23. The van der Waals surface area contributed by atoms with E-state index in [9.17, 15) is 14.4 Å². The van der Waals surface area contributed by atoms with Crippen LogP contribution in [0.1, 0.15) is 50.4 Å². The zero-order chi connectivity index (χ0) is 32.9. The van der Waals surface area contributed by atoms with E-state index in [4.69, 9.17) is 24.9 Å². The predicted molar refractivity (Wildman–Crippen MR) is 175 cm³/mol. The number of amides is 2. The molecule has 0 saturated heterocycles.